The molecule has 0 amide bonds. The Kier molecular flexibility index (Phi) is 6.69. The molecule has 0 saturated carbocycles. The first-order chi connectivity index (χ1) is 11.7. The third-order valence-corrected chi connectivity index (χ3v) is 5.33. The van der Waals surface area contributed by atoms with Crippen LogP contribution in [-0.4, -0.2) is 12.6 Å². The third-order valence-electron chi connectivity index (χ3n) is 4.28. The molecule has 0 fully saturated rings. The topological polar surface area (TPSA) is 35.5 Å². The fourth-order valence-corrected chi connectivity index (χ4v) is 3.90. The number of aryl methyl sites for hydroxylation is 1. The van der Waals surface area contributed by atoms with Gasteiger partial charge < -0.3 is 9.47 Å². The second kappa shape index (κ2) is 8.37. The quantitative estimate of drug-likeness (QED) is 0.373. The number of hydrogen-bond donors (Lipinski definition) is 0. The van der Waals surface area contributed by atoms with E-state index in [-0.39, 0.29) is 12.0 Å². The van der Waals surface area contributed by atoms with E-state index in [2.05, 4.69) is 52.6 Å². The second-order valence-electron chi connectivity index (χ2n) is 6.56. The summed E-state index contributed by atoms with van der Waals surface area (Å²) in [6, 6.07) is 11.5. The van der Waals surface area contributed by atoms with Crippen molar-refractivity contribution in [3.8, 4) is 11.5 Å². The maximum atomic E-state index is 12.0. The van der Waals surface area contributed by atoms with Crippen molar-refractivity contribution in [2.24, 2.45) is 0 Å². The summed E-state index contributed by atoms with van der Waals surface area (Å²) < 4.78 is 12.7. The zero-order chi connectivity index (χ0) is 18.6. The first-order valence-corrected chi connectivity index (χ1v) is 9.71. The summed E-state index contributed by atoms with van der Waals surface area (Å²) >= 11 is 6.86. The molecular formula is C20H22Br2O3. The Morgan fingerprint density at radius 1 is 1.12 bits per heavy atom. The Morgan fingerprint density at radius 3 is 2.32 bits per heavy atom. The molecule has 0 bridgehead atoms. The third kappa shape index (κ3) is 5.32. The lowest BCUT2D eigenvalue weighted by Crippen LogP contribution is -2.18. The van der Waals surface area contributed by atoms with Crippen molar-refractivity contribution in [2.75, 3.05) is 6.61 Å². The summed E-state index contributed by atoms with van der Waals surface area (Å²) in [7, 11) is 0. The molecule has 0 atom stereocenters. The first-order valence-electron chi connectivity index (χ1n) is 8.12. The second-order valence-corrected chi connectivity index (χ2v) is 8.33. The molecule has 3 nitrogen and oxygen atoms in total. The highest BCUT2D eigenvalue weighted by atomic mass is 79.9. The molecule has 0 aliphatic carbocycles. The van der Waals surface area contributed by atoms with Gasteiger partial charge in [-0.15, -0.1) is 0 Å². The maximum Gasteiger partial charge on any atom is 0.349 e. The Balaban J connectivity index is 1.97. The van der Waals surface area contributed by atoms with E-state index in [1.54, 1.807) is 0 Å². The van der Waals surface area contributed by atoms with E-state index >= 15 is 0 Å². The Morgan fingerprint density at radius 2 is 1.76 bits per heavy atom. The van der Waals surface area contributed by atoms with Crippen LogP contribution in [-0.2, 0) is 10.2 Å². The number of carbonyl (C=O) groups excluding carboxylic acids is 1. The van der Waals surface area contributed by atoms with Crippen molar-refractivity contribution in [3.63, 3.8) is 0 Å². The van der Waals surface area contributed by atoms with Gasteiger partial charge in [0.15, 0.2) is 6.61 Å². The van der Waals surface area contributed by atoms with Crippen molar-refractivity contribution >= 4 is 37.8 Å². The molecule has 0 saturated heterocycles. The SMILES string of the molecule is CCC(C)(C)c1ccc(OC(=O)COc2c(C)cc(Br)cc2Br)cc1. The molecule has 0 radical (unpaired) electrons. The van der Waals surface area contributed by atoms with Crippen molar-refractivity contribution in [2.45, 2.75) is 39.5 Å². The molecule has 2 rings (SSSR count). The number of benzene rings is 2. The van der Waals surface area contributed by atoms with Crippen molar-refractivity contribution in [1.82, 2.24) is 0 Å². The van der Waals surface area contributed by atoms with Gasteiger partial charge in [-0.05, 0) is 70.1 Å². The predicted molar refractivity (Wildman–Crippen MR) is 107 cm³/mol. The first kappa shape index (κ1) is 20.0. The molecule has 0 aromatic heterocycles. The zero-order valence-electron chi connectivity index (χ0n) is 14.9. The van der Waals surface area contributed by atoms with Gasteiger partial charge in [-0.2, -0.15) is 0 Å². The fourth-order valence-electron chi connectivity index (χ4n) is 2.34. The summed E-state index contributed by atoms with van der Waals surface area (Å²) in [4.78, 5) is 12.0. The van der Waals surface area contributed by atoms with Crippen LogP contribution in [0.15, 0.2) is 45.3 Å². The van der Waals surface area contributed by atoms with Gasteiger partial charge in [-0.25, -0.2) is 4.79 Å². The van der Waals surface area contributed by atoms with Crippen molar-refractivity contribution in [3.05, 3.63) is 56.5 Å². The van der Waals surface area contributed by atoms with Crippen LogP contribution in [0.25, 0.3) is 0 Å². The highest BCUT2D eigenvalue weighted by molar-refractivity contribution is 9.11. The van der Waals surface area contributed by atoms with Crippen LogP contribution >= 0.6 is 31.9 Å². The lowest BCUT2D eigenvalue weighted by Gasteiger charge is -2.23. The van der Waals surface area contributed by atoms with E-state index in [9.17, 15) is 4.79 Å². The van der Waals surface area contributed by atoms with Crippen LogP contribution in [0, 0.1) is 6.92 Å². The lowest BCUT2D eigenvalue weighted by atomic mass is 9.82. The van der Waals surface area contributed by atoms with Gasteiger partial charge in [0.2, 0.25) is 0 Å². The molecule has 5 heteroatoms. The number of hydrogen-bond acceptors (Lipinski definition) is 3. The predicted octanol–water partition coefficient (Wildman–Crippen LogP) is 6.19. The van der Waals surface area contributed by atoms with Crippen LogP contribution < -0.4 is 9.47 Å². The number of esters is 1. The molecule has 0 heterocycles. The minimum atomic E-state index is -0.434. The number of ether oxygens (including phenoxy) is 2. The Labute approximate surface area is 166 Å². The van der Waals surface area contributed by atoms with Gasteiger partial charge in [-0.1, -0.05) is 48.8 Å². The molecule has 0 unspecified atom stereocenters. The molecule has 2 aromatic rings. The van der Waals surface area contributed by atoms with E-state index in [4.69, 9.17) is 9.47 Å². The van der Waals surface area contributed by atoms with Gasteiger partial charge in [0.25, 0.3) is 0 Å². The standard InChI is InChI=1S/C20H22Br2O3/c1-5-20(3,4)14-6-8-16(9-7-14)25-18(23)12-24-19-13(2)10-15(21)11-17(19)22/h6-11H,5,12H2,1-4H3. The largest absolute Gasteiger partial charge is 0.480 e. The van der Waals surface area contributed by atoms with Crippen LogP contribution in [0.5, 0.6) is 11.5 Å². The lowest BCUT2D eigenvalue weighted by molar-refractivity contribution is -0.136. The van der Waals surface area contributed by atoms with Crippen LogP contribution in [0.3, 0.4) is 0 Å². The Bertz CT molecular complexity index is 729. The summed E-state index contributed by atoms with van der Waals surface area (Å²) in [5.41, 5.74) is 2.26. The van der Waals surface area contributed by atoms with Crippen LogP contribution in [0.4, 0.5) is 0 Å². The van der Waals surface area contributed by atoms with Crippen LogP contribution in [0.1, 0.15) is 38.3 Å². The van der Waals surface area contributed by atoms with Gasteiger partial charge >= 0.3 is 5.97 Å². The molecule has 0 spiro atoms. The summed E-state index contributed by atoms with van der Waals surface area (Å²) in [5.74, 6) is 0.729. The van der Waals surface area contributed by atoms with Gasteiger partial charge in [0.1, 0.15) is 11.5 Å². The minimum Gasteiger partial charge on any atom is -0.480 e. The van der Waals surface area contributed by atoms with E-state index in [0.717, 1.165) is 20.9 Å². The monoisotopic (exact) mass is 468 g/mol. The van der Waals surface area contributed by atoms with E-state index in [1.807, 2.05) is 43.3 Å². The van der Waals surface area contributed by atoms with Gasteiger partial charge in [0, 0.05) is 4.47 Å². The average Bonchev–Trinajstić information content (AvgIpc) is 2.54. The molecular weight excluding hydrogens is 448 g/mol. The smallest absolute Gasteiger partial charge is 0.349 e. The maximum absolute atomic E-state index is 12.0. The normalized spacial score (nSPS) is 11.3. The van der Waals surface area contributed by atoms with Crippen molar-refractivity contribution < 1.29 is 14.3 Å². The van der Waals surface area contributed by atoms with E-state index in [0.29, 0.717) is 11.5 Å². The molecule has 25 heavy (non-hydrogen) atoms. The average molecular weight is 470 g/mol. The van der Waals surface area contributed by atoms with E-state index in [1.165, 1.54) is 5.56 Å². The molecule has 2 aromatic carbocycles. The number of carbonyl (C=O) groups is 1. The highest BCUT2D eigenvalue weighted by Crippen LogP contribution is 2.32. The molecule has 0 N–H and O–H groups in total. The molecule has 0 aliphatic heterocycles. The zero-order valence-corrected chi connectivity index (χ0v) is 18.0. The fraction of sp³-hybridized carbons (Fsp3) is 0.350. The van der Waals surface area contributed by atoms with Gasteiger partial charge in [-0.3, -0.25) is 0 Å². The highest BCUT2D eigenvalue weighted by Gasteiger charge is 2.18. The van der Waals surface area contributed by atoms with Gasteiger partial charge in [0.05, 0.1) is 4.47 Å². The summed E-state index contributed by atoms with van der Waals surface area (Å²) in [6.07, 6.45) is 1.04. The van der Waals surface area contributed by atoms with Crippen molar-refractivity contribution in [1.29, 1.82) is 0 Å². The van der Waals surface area contributed by atoms with Crippen LogP contribution in [0.2, 0.25) is 0 Å². The molecule has 0 aliphatic rings. The number of halogens is 2. The summed E-state index contributed by atoms with van der Waals surface area (Å²) in [6.45, 7) is 8.32. The number of rotatable bonds is 6. The minimum absolute atomic E-state index is 0.108. The molecule has 134 valence electrons. The summed E-state index contributed by atoms with van der Waals surface area (Å²) in [5, 5.41) is 0. The Hall–Kier alpha value is -1.33. The van der Waals surface area contributed by atoms with E-state index < -0.39 is 5.97 Å².